The van der Waals surface area contributed by atoms with Crippen molar-refractivity contribution < 1.29 is 17.7 Å². The number of hydrogen-bond acceptors (Lipinski definition) is 5. The van der Waals surface area contributed by atoms with Gasteiger partial charge in [0.2, 0.25) is 0 Å². The first-order valence-electron chi connectivity index (χ1n) is 8.86. The number of rotatable bonds is 6. The standard InChI is InChI=1S/C19H21FN2O4S/c20-18-12-16(22(23)24)9-10-19(18)21-15-6-4-5-14(11-15)13-27(25,26)17-7-2-1-3-8-17/h4-6,9-12,17,21H,1-3,7-8,13H2. The Labute approximate surface area is 157 Å². The van der Waals surface area contributed by atoms with Gasteiger partial charge in [0.15, 0.2) is 15.7 Å². The van der Waals surface area contributed by atoms with Crippen LogP contribution in [0.2, 0.25) is 0 Å². The highest BCUT2D eigenvalue weighted by atomic mass is 32.2. The minimum absolute atomic E-state index is 0.0457. The number of anilines is 2. The van der Waals surface area contributed by atoms with Crippen molar-refractivity contribution in [2.75, 3.05) is 5.32 Å². The largest absolute Gasteiger partial charge is 0.353 e. The van der Waals surface area contributed by atoms with Crippen LogP contribution in [-0.2, 0) is 15.6 Å². The van der Waals surface area contributed by atoms with E-state index in [-0.39, 0.29) is 22.4 Å². The van der Waals surface area contributed by atoms with Crippen LogP contribution in [-0.4, -0.2) is 18.6 Å². The zero-order chi connectivity index (χ0) is 19.4. The second-order valence-electron chi connectivity index (χ2n) is 6.81. The molecule has 1 aliphatic carbocycles. The molecular weight excluding hydrogens is 371 g/mol. The van der Waals surface area contributed by atoms with Crippen molar-refractivity contribution >= 4 is 26.9 Å². The van der Waals surface area contributed by atoms with E-state index in [0.29, 0.717) is 24.1 Å². The quantitative estimate of drug-likeness (QED) is 0.567. The molecule has 0 saturated heterocycles. The van der Waals surface area contributed by atoms with Gasteiger partial charge in [0.1, 0.15) is 0 Å². The van der Waals surface area contributed by atoms with E-state index in [1.54, 1.807) is 24.3 Å². The monoisotopic (exact) mass is 392 g/mol. The second-order valence-corrected chi connectivity index (χ2v) is 9.09. The Morgan fingerprint density at radius 1 is 1.11 bits per heavy atom. The Bertz CT molecular complexity index is 940. The molecule has 0 heterocycles. The number of nitro benzene ring substituents is 1. The summed E-state index contributed by atoms with van der Waals surface area (Å²) in [6.07, 6.45) is 4.42. The zero-order valence-corrected chi connectivity index (χ0v) is 15.5. The number of nitrogens with one attached hydrogen (secondary N) is 1. The third-order valence-electron chi connectivity index (χ3n) is 4.80. The van der Waals surface area contributed by atoms with Crippen LogP contribution in [0.25, 0.3) is 0 Å². The van der Waals surface area contributed by atoms with Crippen molar-refractivity contribution in [3.05, 3.63) is 64.0 Å². The zero-order valence-electron chi connectivity index (χ0n) is 14.7. The maximum Gasteiger partial charge on any atom is 0.272 e. The smallest absolute Gasteiger partial charge is 0.272 e. The molecule has 0 aliphatic heterocycles. The molecule has 0 aromatic heterocycles. The summed E-state index contributed by atoms with van der Waals surface area (Å²) in [5.41, 5.74) is 0.922. The molecule has 144 valence electrons. The summed E-state index contributed by atoms with van der Waals surface area (Å²) in [4.78, 5) is 10.0. The highest BCUT2D eigenvalue weighted by Crippen LogP contribution is 2.28. The van der Waals surface area contributed by atoms with Gasteiger partial charge < -0.3 is 5.32 Å². The van der Waals surface area contributed by atoms with Crippen molar-refractivity contribution in [3.63, 3.8) is 0 Å². The molecule has 0 atom stereocenters. The molecule has 0 unspecified atom stereocenters. The van der Waals surface area contributed by atoms with E-state index < -0.39 is 20.6 Å². The van der Waals surface area contributed by atoms with E-state index in [9.17, 15) is 22.9 Å². The highest BCUT2D eigenvalue weighted by molar-refractivity contribution is 7.91. The predicted octanol–water partition coefficient (Wildman–Crippen LogP) is 4.73. The number of nitrogens with zero attached hydrogens (tertiary/aromatic N) is 1. The number of hydrogen-bond donors (Lipinski definition) is 1. The summed E-state index contributed by atoms with van der Waals surface area (Å²) in [5.74, 6) is -0.792. The van der Waals surface area contributed by atoms with Crippen LogP contribution < -0.4 is 5.32 Å². The average Bonchev–Trinajstić information content (AvgIpc) is 2.64. The number of sulfone groups is 1. The Kier molecular flexibility index (Phi) is 5.74. The Morgan fingerprint density at radius 3 is 2.52 bits per heavy atom. The van der Waals surface area contributed by atoms with Gasteiger partial charge >= 0.3 is 0 Å². The molecule has 1 aliphatic rings. The molecule has 0 amide bonds. The van der Waals surface area contributed by atoms with E-state index in [4.69, 9.17) is 0 Å². The molecule has 0 radical (unpaired) electrons. The fourth-order valence-electron chi connectivity index (χ4n) is 3.39. The van der Waals surface area contributed by atoms with Gasteiger partial charge in [-0.25, -0.2) is 12.8 Å². The van der Waals surface area contributed by atoms with Gasteiger partial charge in [-0.15, -0.1) is 0 Å². The lowest BCUT2D eigenvalue weighted by molar-refractivity contribution is -0.385. The van der Waals surface area contributed by atoms with Crippen LogP contribution in [0.5, 0.6) is 0 Å². The minimum Gasteiger partial charge on any atom is -0.353 e. The predicted molar refractivity (Wildman–Crippen MR) is 102 cm³/mol. The Balaban J connectivity index is 1.75. The number of non-ortho nitro benzene ring substituents is 1. The summed E-state index contributed by atoms with van der Waals surface area (Å²) in [6, 6.07) is 10.1. The van der Waals surface area contributed by atoms with E-state index in [2.05, 4.69) is 5.32 Å². The lowest BCUT2D eigenvalue weighted by atomic mass is 10.0. The third-order valence-corrected chi connectivity index (χ3v) is 7.02. The van der Waals surface area contributed by atoms with E-state index in [1.807, 2.05) is 0 Å². The lowest BCUT2D eigenvalue weighted by Crippen LogP contribution is -2.25. The van der Waals surface area contributed by atoms with Crippen molar-refractivity contribution in [3.8, 4) is 0 Å². The molecule has 6 nitrogen and oxygen atoms in total. The van der Waals surface area contributed by atoms with Crippen LogP contribution >= 0.6 is 0 Å². The number of halogens is 1. The molecule has 0 spiro atoms. The molecule has 1 saturated carbocycles. The highest BCUT2D eigenvalue weighted by Gasteiger charge is 2.27. The maximum absolute atomic E-state index is 14.0. The molecule has 8 heteroatoms. The summed E-state index contributed by atoms with van der Waals surface area (Å²) in [6.45, 7) is 0. The molecule has 2 aromatic rings. The van der Waals surface area contributed by atoms with Crippen molar-refractivity contribution in [2.45, 2.75) is 43.1 Å². The molecule has 1 N–H and O–H groups in total. The van der Waals surface area contributed by atoms with Gasteiger partial charge in [0, 0.05) is 11.8 Å². The third kappa shape index (κ3) is 4.82. The SMILES string of the molecule is O=[N+]([O-])c1ccc(Nc2cccc(CS(=O)(=O)C3CCCCC3)c2)c(F)c1. The average molecular weight is 392 g/mol. The molecule has 0 bridgehead atoms. The van der Waals surface area contributed by atoms with E-state index in [0.717, 1.165) is 25.3 Å². The molecule has 1 fully saturated rings. The summed E-state index contributed by atoms with van der Waals surface area (Å²) >= 11 is 0. The fraction of sp³-hybridized carbons (Fsp3) is 0.368. The lowest BCUT2D eigenvalue weighted by Gasteiger charge is -2.21. The van der Waals surface area contributed by atoms with E-state index in [1.165, 1.54) is 12.1 Å². The van der Waals surface area contributed by atoms with Gasteiger partial charge in [-0.3, -0.25) is 10.1 Å². The van der Waals surface area contributed by atoms with Crippen LogP contribution in [0.1, 0.15) is 37.7 Å². The first-order chi connectivity index (χ1) is 12.8. The summed E-state index contributed by atoms with van der Waals surface area (Å²) in [5, 5.41) is 13.3. The molecule has 3 rings (SSSR count). The fourth-order valence-corrected chi connectivity index (χ4v) is 5.32. The van der Waals surface area contributed by atoms with Gasteiger partial charge in [0.05, 0.1) is 27.7 Å². The maximum atomic E-state index is 14.0. The second kappa shape index (κ2) is 8.04. The summed E-state index contributed by atoms with van der Waals surface area (Å²) < 4.78 is 39.3. The van der Waals surface area contributed by atoms with E-state index >= 15 is 0 Å². The van der Waals surface area contributed by atoms with Gasteiger partial charge in [-0.1, -0.05) is 31.4 Å². The molecule has 2 aromatic carbocycles. The van der Waals surface area contributed by atoms with Crippen LogP contribution in [0.3, 0.4) is 0 Å². The first kappa shape index (κ1) is 19.3. The van der Waals surface area contributed by atoms with Crippen LogP contribution in [0.4, 0.5) is 21.5 Å². The first-order valence-corrected chi connectivity index (χ1v) is 10.6. The van der Waals surface area contributed by atoms with Gasteiger partial charge in [-0.2, -0.15) is 0 Å². The molecule has 27 heavy (non-hydrogen) atoms. The number of nitro groups is 1. The summed E-state index contributed by atoms with van der Waals surface area (Å²) in [7, 11) is -3.23. The molecular formula is C19H21FN2O4S. The minimum atomic E-state index is -3.23. The van der Waals surface area contributed by atoms with Crippen LogP contribution in [0.15, 0.2) is 42.5 Å². The Morgan fingerprint density at radius 2 is 1.85 bits per heavy atom. The van der Waals surface area contributed by atoms with Gasteiger partial charge in [0.25, 0.3) is 5.69 Å². The number of benzene rings is 2. The van der Waals surface area contributed by atoms with Gasteiger partial charge in [-0.05, 0) is 36.6 Å². The Hall–Kier alpha value is -2.48. The van der Waals surface area contributed by atoms with Crippen molar-refractivity contribution in [2.24, 2.45) is 0 Å². The van der Waals surface area contributed by atoms with Crippen LogP contribution in [0, 0.1) is 15.9 Å². The topological polar surface area (TPSA) is 89.3 Å². The van der Waals surface area contributed by atoms with Crippen molar-refractivity contribution in [1.29, 1.82) is 0 Å². The normalized spacial score (nSPS) is 15.4. The van der Waals surface area contributed by atoms with Crippen molar-refractivity contribution in [1.82, 2.24) is 0 Å².